The van der Waals surface area contributed by atoms with E-state index in [4.69, 9.17) is 4.74 Å². The molecule has 0 aromatic heterocycles. The first-order valence-electron chi connectivity index (χ1n) is 10.4. The molecule has 7 heteroatoms. The summed E-state index contributed by atoms with van der Waals surface area (Å²) in [5.74, 6) is -0.270. The summed E-state index contributed by atoms with van der Waals surface area (Å²) in [4.78, 5) is 37.2. The van der Waals surface area contributed by atoms with Crippen LogP contribution in [0.5, 0.6) is 0 Å². The molecule has 6 nitrogen and oxygen atoms in total. The molecule has 0 radical (unpaired) electrons. The molecule has 0 saturated heterocycles. The average Bonchev–Trinajstić information content (AvgIpc) is 3.53. The van der Waals surface area contributed by atoms with Gasteiger partial charge in [0.15, 0.2) is 0 Å². The predicted octanol–water partition coefficient (Wildman–Crippen LogP) is 2.91. The summed E-state index contributed by atoms with van der Waals surface area (Å²) in [5, 5.41) is 5.89. The van der Waals surface area contributed by atoms with E-state index in [0.717, 1.165) is 18.6 Å². The first-order valence-corrected chi connectivity index (χ1v) is 11.5. The molecule has 0 unspecified atom stereocenters. The molecule has 2 rings (SSSR count). The Hall–Kier alpha value is -2.02. The Labute approximate surface area is 177 Å². The number of thioether (sulfide) groups is 1. The molecule has 1 fully saturated rings. The van der Waals surface area contributed by atoms with Crippen LogP contribution < -0.4 is 10.6 Å². The maximum absolute atomic E-state index is 12.8. The minimum Gasteiger partial charge on any atom is -0.466 e. The van der Waals surface area contributed by atoms with Crippen LogP contribution in [0.4, 0.5) is 0 Å². The number of esters is 1. The molecular weight excluding hydrogens is 388 g/mol. The smallest absolute Gasteiger partial charge is 0.309 e. The minimum absolute atomic E-state index is 0.0919. The van der Waals surface area contributed by atoms with Gasteiger partial charge in [0.1, 0.15) is 6.04 Å². The van der Waals surface area contributed by atoms with Crippen molar-refractivity contribution >= 4 is 29.5 Å². The number of amides is 2. The molecular formula is C22H32N2O4S. The van der Waals surface area contributed by atoms with Crippen molar-refractivity contribution in [3.63, 3.8) is 0 Å². The number of carbonyl (C=O) groups is 3. The van der Waals surface area contributed by atoms with Crippen LogP contribution in [0, 0.1) is 11.8 Å². The van der Waals surface area contributed by atoms with E-state index in [1.807, 2.05) is 44.2 Å². The number of carbonyl (C=O) groups excluding carboxylic acids is 3. The second kappa shape index (κ2) is 11.9. The van der Waals surface area contributed by atoms with E-state index in [2.05, 4.69) is 10.6 Å². The van der Waals surface area contributed by atoms with Gasteiger partial charge in [0.25, 0.3) is 0 Å². The number of nitrogens with one attached hydrogen (secondary N) is 2. The van der Waals surface area contributed by atoms with E-state index in [1.165, 1.54) is 5.56 Å². The number of ether oxygens (including phenoxy) is 1. The van der Waals surface area contributed by atoms with Crippen molar-refractivity contribution in [1.82, 2.24) is 10.6 Å². The quantitative estimate of drug-likeness (QED) is 0.508. The molecule has 2 amide bonds. The third kappa shape index (κ3) is 7.38. The van der Waals surface area contributed by atoms with Crippen molar-refractivity contribution in [2.75, 3.05) is 12.4 Å². The van der Waals surface area contributed by atoms with E-state index < -0.39 is 12.0 Å². The molecule has 160 valence electrons. The van der Waals surface area contributed by atoms with Crippen LogP contribution >= 0.6 is 11.8 Å². The lowest BCUT2D eigenvalue weighted by Crippen LogP contribution is -2.51. The first kappa shape index (κ1) is 23.3. The summed E-state index contributed by atoms with van der Waals surface area (Å²) < 4.78 is 4.99. The maximum Gasteiger partial charge on any atom is 0.309 e. The Bertz CT molecular complexity index is 679. The van der Waals surface area contributed by atoms with Crippen molar-refractivity contribution in [3.05, 3.63) is 35.9 Å². The largest absolute Gasteiger partial charge is 0.466 e. The second-order valence-electron chi connectivity index (χ2n) is 7.28. The fourth-order valence-electron chi connectivity index (χ4n) is 3.12. The van der Waals surface area contributed by atoms with E-state index >= 15 is 0 Å². The average molecular weight is 421 g/mol. The molecule has 0 bridgehead atoms. The molecule has 0 spiro atoms. The zero-order valence-corrected chi connectivity index (χ0v) is 18.3. The van der Waals surface area contributed by atoms with Crippen molar-refractivity contribution in [3.8, 4) is 0 Å². The fraction of sp³-hybridized carbons (Fsp3) is 0.591. The number of hydrogen-bond donors (Lipinski definition) is 2. The van der Waals surface area contributed by atoms with Crippen molar-refractivity contribution in [1.29, 1.82) is 0 Å². The van der Waals surface area contributed by atoms with E-state index in [1.54, 1.807) is 18.7 Å². The monoisotopic (exact) mass is 420 g/mol. The summed E-state index contributed by atoms with van der Waals surface area (Å²) in [6, 6.07) is 9.48. The van der Waals surface area contributed by atoms with Gasteiger partial charge >= 0.3 is 5.97 Å². The van der Waals surface area contributed by atoms with Crippen LogP contribution in [0.15, 0.2) is 30.3 Å². The highest BCUT2D eigenvalue weighted by Gasteiger charge is 2.49. The molecule has 1 aliphatic rings. The van der Waals surface area contributed by atoms with E-state index in [9.17, 15) is 14.4 Å². The van der Waals surface area contributed by atoms with Gasteiger partial charge in [0, 0.05) is 17.5 Å². The third-order valence-corrected chi connectivity index (χ3v) is 6.18. The van der Waals surface area contributed by atoms with Gasteiger partial charge in [-0.05, 0) is 31.7 Å². The van der Waals surface area contributed by atoms with Crippen LogP contribution in [0.1, 0.15) is 45.6 Å². The molecule has 1 aliphatic carbocycles. The SMILES string of the molecule is CCOC(=O)[C@H]1C[C@@H]1C(=O)N[C@@H](CSCc1ccccc1)C(=O)NC(CC)CC. The topological polar surface area (TPSA) is 84.5 Å². The van der Waals surface area contributed by atoms with E-state index in [0.29, 0.717) is 18.8 Å². The van der Waals surface area contributed by atoms with Crippen LogP contribution in [0.25, 0.3) is 0 Å². The summed E-state index contributed by atoms with van der Waals surface area (Å²) >= 11 is 1.61. The van der Waals surface area contributed by atoms with Gasteiger partial charge in [0.05, 0.1) is 18.4 Å². The highest BCUT2D eigenvalue weighted by Crippen LogP contribution is 2.39. The Morgan fingerprint density at radius 1 is 1.07 bits per heavy atom. The second-order valence-corrected chi connectivity index (χ2v) is 8.31. The highest BCUT2D eigenvalue weighted by molar-refractivity contribution is 7.98. The van der Waals surface area contributed by atoms with Gasteiger partial charge in [-0.15, -0.1) is 0 Å². The van der Waals surface area contributed by atoms with Gasteiger partial charge in [-0.1, -0.05) is 44.2 Å². The minimum atomic E-state index is -0.625. The van der Waals surface area contributed by atoms with Crippen molar-refractivity contribution < 1.29 is 19.1 Å². The zero-order valence-electron chi connectivity index (χ0n) is 17.5. The normalized spacial score (nSPS) is 18.8. The molecule has 1 aromatic rings. The Morgan fingerprint density at radius 2 is 1.76 bits per heavy atom. The van der Waals surface area contributed by atoms with E-state index in [-0.39, 0.29) is 29.7 Å². The van der Waals surface area contributed by atoms with Crippen LogP contribution in [-0.2, 0) is 24.9 Å². The number of hydrogen-bond acceptors (Lipinski definition) is 5. The zero-order chi connectivity index (χ0) is 21.2. The maximum atomic E-state index is 12.8. The lowest BCUT2D eigenvalue weighted by molar-refractivity contribution is -0.146. The summed E-state index contributed by atoms with van der Waals surface area (Å²) in [5.41, 5.74) is 1.17. The lowest BCUT2D eigenvalue weighted by atomic mass is 10.1. The molecule has 3 atom stereocenters. The van der Waals surface area contributed by atoms with Gasteiger partial charge in [-0.25, -0.2) is 0 Å². The lowest BCUT2D eigenvalue weighted by Gasteiger charge is -2.22. The Morgan fingerprint density at radius 3 is 2.38 bits per heavy atom. The van der Waals surface area contributed by atoms with Crippen molar-refractivity contribution in [2.45, 2.75) is 57.9 Å². The standard InChI is InChI=1S/C22H32N2O4S/c1-4-16(5-2)23-21(26)19(14-29-13-15-10-8-7-9-11-15)24-20(25)17-12-18(17)22(27)28-6-3/h7-11,16-19H,4-6,12-14H2,1-3H3,(H,23,26)(H,24,25)/t17-,18-,19-/m0/s1. The van der Waals surface area contributed by atoms with Crippen molar-refractivity contribution in [2.24, 2.45) is 11.8 Å². The third-order valence-electron chi connectivity index (χ3n) is 5.08. The summed E-state index contributed by atoms with van der Waals surface area (Å²) in [7, 11) is 0. The molecule has 0 heterocycles. The highest BCUT2D eigenvalue weighted by atomic mass is 32.2. The van der Waals surface area contributed by atoms with Gasteiger partial charge in [-0.2, -0.15) is 11.8 Å². The van der Waals surface area contributed by atoms with Crippen LogP contribution in [0.3, 0.4) is 0 Å². The number of rotatable bonds is 12. The summed E-state index contributed by atoms with van der Waals surface area (Å²) in [6.07, 6.45) is 2.17. The van der Waals surface area contributed by atoms with Crippen LogP contribution in [-0.4, -0.2) is 42.2 Å². The first-order chi connectivity index (χ1) is 14.0. The predicted molar refractivity (Wildman–Crippen MR) is 115 cm³/mol. The molecule has 29 heavy (non-hydrogen) atoms. The van der Waals surface area contributed by atoms with Gasteiger partial charge < -0.3 is 15.4 Å². The fourth-order valence-corrected chi connectivity index (χ4v) is 4.14. The summed E-state index contributed by atoms with van der Waals surface area (Å²) in [6.45, 7) is 6.11. The molecule has 0 aliphatic heterocycles. The van der Waals surface area contributed by atoms with Gasteiger partial charge in [0.2, 0.25) is 11.8 Å². The van der Waals surface area contributed by atoms with Gasteiger partial charge in [-0.3, -0.25) is 14.4 Å². The molecule has 1 aromatic carbocycles. The molecule has 1 saturated carbocycles. The van der Waals surface area contributed by atoms with Crippen LogP contribution in [0.2, 0.25) is 0 Å². The number of benzene rings is 1. The Balaban J connectivity index is 1.93. The molecule has 2 N–H and O–H groups in total. The Kier molecular flexibility index (Phi) is 9.51.